The van der Waals surface area contributed by atoms with E-state index in [0.29, 0.717) is 24.4 Å². The molecule has 0 saturated carbocycles. The zero-order chi connectivity index (χ0) is 23.8. The third kappa shape index (κ3) is 5.02. The SMILES string of the molecule is CC(C)Oc1ccc(COc2cc3ccc4c(c3[nH]2)C(CC(=O)O)CCN4)cc1C(F)(F)F. The van der Waals surface area contributed by atoms with Crippen LogP contribution in [0.25, 0.3) is 10.9 Å². The van der Waals surface area contributed by atoms with Crippen LogP contribution in [-0.4, -0.2) is 28.7 Å². The van der Waals surface area contributed by atoms with Crippen LogP contribution >= 0.6 is 0 Å². The number of hydrogen-bond acceptors (Lipinski definition) is 4. The molecule has 1 unspecified atom stereocenters. The lowest BCUT2D eigenvalue weighted by atomic mass is 9.87. The van der Waals surface area contributed by atoms with E-state index < -0.39 is 17.7 Å². The Morgan fingerprint density at radius 3 is 2.70 bits per heavy atom. The summed E-state index contributed by atoms with van der Waals surface area (Å²) in [6.07, 6.45) is -4.22. The Bertz CT molecular complexity index is 1170. The van der Waals surface area contributed by atoms with Gasteiger partial charge in [0.1, 0.15) is 12.4 Å². The second kappa shape index (κ2) is 8.88. The first-order valence-electron chi connectivity index (χ1n) is 10.7. The van der Waals surface area contributed by atoms with Gasteiger partial charge in [-0.15, -0.1) is 0 Å². The molecule has 0 bridgehead atoms. The number of ether oxygens (including phenoxy) is 2. The first-order chi connectivity index (χ1) is 15.6. The molecule has 1 atom stereocenters. The van der Waals surface area contributed by atoms with Gasteiger partial charge in [-0.05, 0) is 44.0 Å². The fraction of sp³-hybridized carbons (Fsp3) is 0.375. The summed E-state index contributed by atoms with van der Waals surface area (Å²) in [5.41, 5.74) is 2.06. The van der Waals surface area contributed by atoms with Crippen molar-refractivity contribution < 1.29 is 32.5 Å². The number of rotatable bonds is 7. The molecular formula is C24H25F3N2O4. The number of alkyl halides is 3. The van der Waals surface area contributed by atoms with Crippen molar-refractivity contribution in [2.45, 2.75) is 51.5 Å². The zero-order valence-corrected chi connectivity index (χ0v) is 18.3. The van der Waals surface area contributed by atoms with Gasteiger partial charge in [-0.1, -0.05) is 12.1 Å². The standard InChI is InChI=1S/C24H25F3N2O4/c1-13(2)33-19-6-3-14(9-17(19)24(25,26)27)12-32-20-10-16-4-5-18-22(23(16)29-20)15(7-8-28-18)11-21(30)31/h3-6,9-10,13,15,28-29H,7-8,11-12H2,1-2H3,(H,30,31). The molecule has 2 aromatic carbocycles. The van der Waals surface area contributed by atoms with Crippen LogP contribution in [0.1, 0.15) is 49.3 Å². The van der Waals surface area contributed by atoms with E-state index in [2.05, 4.69) is 10.3 Å². The average Bonchev–Trinajstić information content (AvgIpc) is 3.15. The number of hydrogen-bond donors (Lipinski definition) is 3. The normalized spacial score (nSPS) is 15.9. The highest BCUT2D eigenvalue weighted by atomic mass is 19.4. The van der Waals surface area contributed by atoms with Crippen molar-refractivity contribution in [1.82, 2.24) is 4.98 Å². The molecule has 1 aliphatic heterocycles. The van der Waals surface area contributed by atoms with Crippen LogP contribution in [0.5, 0.6) is 11.6 Å². The highest BCUT2D eigenvalue weighted by Crippen LogP contribution is 2.40. The Morgan fingerprint density at radius 2 is 2.00 bits per heavy atom. The number of nitrogens with one attached hydrogen (secondary N) is 2. The van der Waals surface area contributed by atoms with Gasteiger partial charge in [0.2, 0.25) is 0 Å². The Labute approximate surface area is 188 Å². The summed E-state index contributed by atoms with van der Waals surface area (Å²) in [6, 6.07) is 9.47. The summed E-state index contributed by atoms with van der Waals surface area (Å²) in [5, 5.41) is 13.4. The molecule has 6 nitrogen and oxygen atoms in total. The smallest absolute Gasteiger partial charge is 0.419 e. The molecule has 0 amide bonds. The average molecular weight is 462 g/mol. The van der Waals surface area contributed by atoms with Gasteiger partial charge in [0.25, 0.3) is 0 Å². The van der Waals surface area contributed by atoms with Gasteiger partial charge in [-0.2, -0.15) is 13.2 Å². The van der Waals surface area contributed by atoms with Crippen LogP contribution in [-0.2, 0) is 17.6 Å². The van der Waals surface area contributed by atoms with Crippen LogP contribution in [0.4, 0.5) is 18.9 Å². The fourth-order valence-corrected chi connectivity index (χ4v) is 4.20. The van der Waals surface area contributed by atoms with Crippen molar-refractivity contribution in [3.63, 3.8) is 0 Å². The Balaban J connectivity index is 1.59. The summed E-state index contributed by atoms with van der Waals surface area (Å²) >= 11 is 0. The number of H-pyrrole nitrogens is 1. The van der Waals surface area contributed by atoms with Crippen LogP contribution in [0.2, 0.25) is 0 Å². The second-order valence-corrected chi connectivity index (χ2v) is 8.42. The lowest BCUT2D eigenvalue weighted by molar-refractivity contribution is -0.139. The molecule has 3 aromatic rings. The summed E-state index contributed by atoms with van der Waals surface area (Å²) in [4.78, 5) is 14.5. The fourth-order valence-electron chi connectivity index (χ4n) is 4.20. The molecule has 176 valence electrons. The molecule has 1 aromatic heterocycles. The van der Waals surface area contributed by atoms with E-state index in [0.717, 1.165) is 28.2 Å². The quantitative estimate of drug-likeness (QED) is 0.406. The molecule has 2 heterocycles. The van der Waals surface area contributed by atoms with Gasteiger partial charge in [-0.25, -0.2) is 0 Å². The third-order valence-electron chi connectivity index (χ3n) is 5.56. The van der Waals surface area contributed by atoms with Crippen LogP contribution in [0, 0.1) is 0 Å². The second-order valence-electron chi connectivity index (χ2n) is 8.42. The van der Waals surface area contributed by atoms with Gasteiger partial charge in [0, 0.05) is 35.2 Å². The number of aromatic amines is 1. The van der Waals surface area contributed by atoms with Crippen molar-refractivity contribution in [3.05, 3.63) is 53.1 Å². The number of carboxylic acids is 1. The van der Waals surface area contributed by atoms with E-state index in [1.807, 2.05) is 12.1 Å². The van der Waals surface area contributed by atoms with Gasteiger partial charge in [0.15, 0.2) is 5.88 Å². The molecule has 0 fully saturated rings. The van der Waals surface area contributed by atoms with Crippen LogP contribution < -0.4 is 14.8 Å². The van der Waals surface area contributed by atoms with Crippen molar-refractivity contribution in [3.8, 4) is 11.6 Å². The summed E-state index contributed by atoms with van der Waals surface area (Å²) in [5.74, 6) is -0.820. The minimum Gasteiger partial charge on any atom is -0.490 e. The summed E-state index contributed by atoms with van der Waals surface area (Å²) in [7, 11) is 0. The minimum atomic E-state index is -4.55. The highest BCUT2D eigenvalue weighted by molar-refractivity contribution is 5.90. The maximum Gasteiger partial charge on any atom is 0.419 e. The highest BCUT2D eigenvalue weighted by Gasteiger charge is 2.35. The number of aromatic nitrogens is 1. The number of benzene rings is 2. The summed E-state index contributed by atoms with van der Waals surface area (Å²) in [6.45, 7) is 3.96. The molecule has 1 aliphatic rings. The van der Waals surface area contributed by atoms with E-state index in [1.54, 1.807) is 26.0 Å². The lowest BCUT2D eigenvalue weighted by Gasteiger charge is -2.26. The third-order valence-corrected chi connectivity index (χ3v) is 5.56. The predicted molar refractivity (Wildman–Crippen MR) is 118 cm³/mol. The molecule has 0 radical (unpaired) electrons. The molecule has 3 N–H and O–H groups in total. The number of carboxylic acid groups (broad SMARTS) is 1. The number of carbonyl (C=O) groups is 1. The van der Waals surface area contributed by atoms with E-state index in [1.165, 1.54) is 6.07 Å². The van der Waals surface area contributed by atoms with Crippen molar-refractivity contribution >= 4 is 22.6 Å². The first kappa shape index (κ1) is 22.8. The molecular weight excluding hydrogens is 437 g/mol. The number of fused-ring (bicyclic) bond motifs is 3. The van der Waals surface area contributed by atoms with E-state index >= 15 is 0 Å². The number of anilines is 1. The van der Waals surface area contributed by atoms with E-state index in [4.69, 9.17) is 9.47 Å². The molecule has 4 rings (SSSR count). The predicted octanol–water partition coefficient (Wildman–Crippen LogP) is 5.93. The number of aliphatic carboxylic acids is 1. The van der Waals surface area contributed by atoms with Gasteiger partial charge < -0.3 is 24.9 Å². The molecule has 0 saturated heterocycles. The van der Waals surface area contributed by atoms with Gasteiger partial charge in [0.05, 0.1) is 23.6 Å². The Kier molecular flexibility index (Phi) is 6.14. The van der Waals surface area contributed by atoms with E-state index in [9.17, 15) is 23.1 Å². The van der Waals surface area contributed by atoms with E-state index in [-0.39, 0.29) is 30.8 Å². The number of halogens is 3. The first-order valence-corrected chi connectivity index (χ1v) is 10.7. The minimum absolute atomic E-state index is 0.0218. The monoisotopic (exact) mass is 462 g/mol. The topological polar surface area (TPSA) is 83.6 Å². The lowest BCUT2D eigenvalue weighted by Crippen LogP contribution is -2.19. The summed E-state index contributed by atoms with van der Waals surface area (Å²) < 4.78 is 51.6. The molecule has 0 aliphatic carbocycles. The maximum atomic E-state index is 13.5. The van der Waals surface area contributed by atoms with Gasteiger partial charge in [-0.3, -0.25) is 4.79 Å². The Hall–Kier alpha value is -3.36. The van der Waals surface area contributed by atoms with Crippen molar-refractivity contribution in [1.29, 1.82) is 0 Å². The zero-order valence-electron chi connectivity index (χ0n) is 18.3. The van der Waals surface area contributed by atoms with Crippen LogP contribution in [0.15, 0.2) is 36.4 Å². The van der Waals surface area contributed by atoms with Crippen molar-refractivity contribution in [2.75, 3.05) is 11.9 Å². The Morgan fingerprint density at radius 1 is 1.21 bits per heavy atom. The molecule has 33 heavy (non-hydrogen) atoms. The van der Waals surface area contributed by atoms with Crippen molar-refractivity contribution in [2.24, 2.45) is 0 Å². The maximum absolute atomic E-state index is 13.5. The molecule has 0 spiro atoms. The largest absolute Gasteiger partial charge is 0.490 e. The van der Waals surface area contributed by atoms with Gasteiger partial charge >= 0.3 is 12.1 Å². The van der Waals surface area contributed by atoms with Crippen LogP contribution in [0.3, 0.4) is 0 Å². The molecule has 9 heteroatoms.